The minimum atomic E-state index is 0.171. The van der Waals surface area contributed by atoms with Gasteiger partial charge in [-0.05, 0) is 31.7 Å². The number of ether oxygens (including phenoxy) is 1. The Morgan fingerprint density at radius 2 is 1.60 bits per heavy atom. The molecule has 1 saturated heterocycles. The summed E-state index contributed by atoms with van der Waals surface area (Å²) in [6.45, 7) is 5.67. The number of carbonyl (C=O) groups is 2. The van der Waals surface area contributed by atoms with E-state index in [0.717, 1.165) is 89.1 Å². The molecule has 0 radical (unpaired) electrons. The second kappa shape index (κ2) is 13.1. The molecule has 2 amide bonds. The second-order valence-electron chi connectivity index (χ2n) is 10.4. The standard InChI is InChI=1S/C29H43N3O3/c1-35-27-16-8-7-10-24(27)15-9-17-31(28(33)25-11-3-2-4-12-25)21-18-30-19-22-32(23-20-30)29(34)26-13-5-6-14-26/h7-10,15-16,25-26H,2-6,11-14,17-23H2,1H3/b15-9+. The maximum Gasteiger partial charge on any atom is 0.226 e. The molecule has 2 aliphatic carbocycles. The van der Waals surface area contributed by atoms with Gasteiger partial charge in [0.25, 0.3) is 0 Å². The number of benzene rings is 1. The molecule has 2 saturated carbocycles. The number of hydrogen-bond acceptors (Lipinski definition) is 4. The molecule has 3 fully saturated rings. The summed E-state index contributed by atoms with van der Waals surface area (Å²) in [6.07, 6.45) is 14.3. The largest absolute Gasteiger partial charge is 0.496 e. The topological polar surface area (TPSA) is 53.1 Å². The fraction of sp³-hybridized carbons (Fsp3) is 0.655. The molecule has 0 spiro atoms. The molecule has 0 atom stereocenters. The average molecular weight is 482 g/mol. The van der Waals surface area contributed by atoms with Gasteiger partial charge >= 0.3 is 0 Å². The molecule has 6 nitrogen and oxygen atoms in total. The van der Waals surface area contributed by atoms with Gasteiger partial charge in [0.2, 0.25) is 11.8 Å². The number of nitrogens with zero attached hydrogens (tertiary/aromatic N) is 3. The first-order chi connectivity index (χ1) is 17.2. The van der Waals surface area contributed by atoms with Gasteiger partial charge in [0.15, 0.2) is 0 Å². The van der Waals surface area contributed by atoms with Gasteiger partial charge in [-0.1, -0.05) is 62.5 Å². The fourth-order valence-corrected chi connectivity index (χ4v) is 5.90. The maximum absolute atomic E-state index is 13.4. The normalized spacial score (nSPS) is 20.4. The molecule has 1 aromatic carbocycles. The minimum Gasteiger partial charge on any atom is -0.496 e. The third-order valence-corrected chi connectivity index (χ3v) is 8.10. The lowest BCUT2D eigenvalue weighted by atomic mass is 9.88. The third kappa shape index (κ3) is 7.09. The highest BCUT2D eigenvalue weighted by atomic mass is 16.5. The molecular formula is C29H43N3O3. The van der Waals surface area contributed by atoms with Gasteiger partial charge < -0.3 is 14.5 Å². The van der Waals surface area contributed by atoms with Gasteiger partial charge in [0, 0.05) is 63.2 Å². The van der Waals surface area contributed by atoms with E-state index in [1.54, 1.807) is 7.11 Å². The van der Waals surface area contributed by atoms with Gasteiger partial charge in [-0.25, -0.2) is 0 Å². The first-order valence-corrected chi connectivity index (χ1v) is 13.7. The molecule has 0 aromatic heterocycles. The van der Waals surface area contributed by atoms with Crippen LogP contribution in [-0.2, 0) is 9.59 Å². The predicted octanol–water partition coefficient (Wildman–Crippen LogP) is 4.45. The Bertz CT molecular complexity index is 850. The van der Waals surface area contributed by atoms with Crippen LogP contribution < -0.4 is 4.74 Å². The summed E-state index contributed by atoms with van der Waals surface area (Å²) in [4.78, 5) is 32.7. The van der Waals surface area contributed by atoms with E-state index in [2.05, 4.69) is 26.9 Å². The van der Waals surface area contributed by atoms with Gasteiger partial charge in [0.05, 0.1) is 7.11 Å². The van der Waals surface area contributed by atoms with Crippen LogP contribution in [0.4, 0.5) is 0 Å². The summed E-state index contributed by atoms with van der Waals surface area (Å²) in [5.74, 6) is 1.96. The van der Waals surface area contributed by atoms with E-state index in [1.807, 2.05) is 24.3 Å². The molecule has 0 unspecified atom stereocenters. The van der Waals surface area contributed by atoms with Crippen molar-refractivity contribution in [2.24, 2.45) is 11.8 Å². The number of para-hydroxylation sites is 1. The first-order valence-electron chi connectivity index (χ1n) is 13.7. The Kier molecular flexibility index (Phi) is 9.64. The van der Waals surface area contributed by atoms with Crippen molar-refractivity contribution in [3.63, 3.8) is 0 Å². The Balaban J connectivity index is 1.31. The number of rotatable bonds is 9. The summed E-state index contributed by atoms with van der Waals surface area (Å²) in [6, 6.07) is 7.97. The molecule has 0 N–H and O–H groups in total. The molecule has 0 bridgehead atoms. The van der Waals surface area contributed by atoms with Gasteiger partial charge in [-0.15, -0.1) is 0 Å². The highest BCUT2D eigenvalue weighted by Crippen LogP contribution is 2.27. The monoisotopic (exact) mass is 481 g/mol. The van der Waals surface area contributed by atoms with Crippen LogP contribution in [0.3, 0.4) is 0 Å². The highest BCUT2D eigenvalue weighted by Gasteiger charge is 2.30. The molecule has 3 aliphatic rings. The van der Waals surface area contributed by atoms with Gasteiger partial charge in [-0.2, -0.15) is 0 Å². The van der Waals surface area contributed by atoms with Crippen molar-refractivity contribution < 1.29 is 14.3 Å². The molecule has 4 rings (SSSR count). The Morgan fingerprint density at radius 3 is 2.31 bits per heavy atom. The smallest absolute Gasteiger partial charge is 0.226 e. The lowest BCUT2D eigenvalue weighted by molar-refractivity contribution is -0.137. The van der Waals surface area contributed by atoms with Crippen LogP contribution >= 0.6 is 0 Å². The van der Waals surface area contributed by atoms with E-state index in [4.69, 9.17) is 4.74 Å². The van der Waals surface area contributed by atoms with Crippen LogP contribution in [0.15, 0.2) is 30.3 Å². The van der Waals surface area contributed by atoms with Crippen molar-refractivity contribution in [2.75, 3.05) is 52.9 Å². The molecule has 192 valence electrons. The Hall–Kier alpha value is -2.34. The van der Waals surface area contributed by atoms with E-state index >= 15 is 0 Å². The summed E-state index contributed by atoms with van der Waals surface area (Å²) in [7, 11) is 1.69. The minimum absolute atomic E-state index is 0.171. The zero-order valence-electron chi connectivity index (χ0n) is 21.5. The Labute approximate surface area is 211 Å². The quantitative estimate of drug-likeness (QED) is 0.523. The lowest BCUT2D eigenvalue weighted by Crippen LogP contribution is -2.52. The zero-order chi connectivity index (χ0) is 24.5. The summed E-state index contributed by atoms with van der Waals surface area (Å²) < 4.78 is 5.46. The van der Waals surface area contributed by atoms with E-state index in [9.17, 15) is 9.59 Å². The lowest BCUT2D eigenvalue weighted by Gasteiger charge is -2.37. The van der Waals surface area contributed by atoms with E-state index in [-0.39, 0.29) is 11.8 Å². The first kappa shape index (κ1) is 25.7. The fourth-order valence-electron chi connectivity index (χ4n) is 5.90. The van der Waals surface area contributed by atoms with E-state index in [0.29, 0.717) is 18.4 Å². The van der Waals surface area contributed by atoms with E-state index in [1.165, 1.54) is 19.3 Å². The van der Waals surface area contributed by atoms with Crippen molar-refractivity contribution >= 4 is 17.9 Å². The maximum atomic E-state index is 13.4. The van der Waals surface area contributed by atoms with Crippen LogP contribution in [-0.4, -0.2) is 79.4 Å². The van der Waals surface area contributed by atoms with Crippen LogP contribution in [0.1, 0.15) is 63.4 Å². The van der Waals surface area contributed by atoms with Crippen molar-refractivity contribution in [1.29, 1.82) is 0 Å². The molecule has 6 heteroatoms. The predicted molar refractivity (Wildman–Crippen MR) is 140 cm³/mol. The van der Waals surface area contributed by atoms with E-state index < -0.39 is 0 Å². The van der Waals surface area contributed by atoms with Crippen LogP contribution in [0.5, 0.6) is 5.75 Å². The van der Waals surface area contributed by atoms with Crippen LogP contribution in [0.2, 0.25) is 0 Å². The van der Waals surface area contributed by atoms with Gasteiger partial charge in [-0.3, -0.25) is 14.5 Å². The molecule has 1 aliphatic heterocycles. The second-order valence-corrected chi connectivity index (χ2v) is 10.4. The number of piperazine rings is 1. The third-order valence-electron chi connectivity index (χ3n) is 8.10. The molecule has 35 heavy (non-hydrogen) atoms. The van der Waals surface area contributed by atoms with Crippen LogP contribution in [0, 0.1) is 11.8 Å². The number of amides is 2. The molecule has 1 heterocycles. The summed E-state index contributed by atoms with van der Waals surface area (Å²) in [5, 5.41) is 0. The van der Waals surface area contributed by atoms with Gasteiger partial charge in [0.1, 0.15) is 5.75 Å². The van der Waals surface area contributed by atoms with Crippen molar-refractivity contribution in [1.82, 2.24) is 14.7 Å². The number of hydrogen-bond donors (Lipinski definition) is 0. The highest BCUT2D eigenvalue weighted by molar-refractivity contribution is 5.79. The number of methoxy groups -OCH3 is 1. The van der Waals surface area contributed by atoms with Crippen molar-refractivity contribution in [2.45, 2.75) is 57.8 Å². The molecule has 1 aromatic rings. The SMILES string of the molecule is COc1ccccc1/C=C/CN(CCN1CCN(C(=O)C2CCCC2)CC1)C(=O)C1CCCCC1. The van der Waals surface area contributed by atoms with Crippen LogP contribution in [0.25, 0.3) is 6.08 Å². The summed E-state index contributed by atoms with van der Waals surface area (Å²) >= 11 is 0. The number of carbonyl (C=O) groups excluding carboxylic acids is 2. The Morgan fingerprint density at radius 1 is 0.943 bits per heavy atom. The summed E-state index contributed by atoms with van der Waals surface area (Å²) in [5.41, 5.74) is 1.03. The average Bonchev–Trinajstić information content (AvgIpc) is 3.46. The molecular weight excluding hydrogens is 438 g/mol. The van der Waals surface area contributed by atoms with Crippen molar-refractivity contribution in [3.8, 4) is 5.75 Å². The zero-order valence-corrected chi connectivity index (χ0v) is 21.5. The van der Waals surface area contributed by atoms with Crippen molar-refractivity contribution in [3.05, 3.63) is 35.9 Å².